The third-order valence-electron chi connectivity index (χ3n) is 19.1. The van der Waals surface area contributed by atoms with Crippen molar-refractivity contribution in [3.8, 4) is 23.0 Å². The molecule has 14 nitrogen and oxygen atoms in total. The zero-order chi connectivity index (χ0) is 62.3. The minimum absolute atomic E-state index is 0.0181. The Labute approximate surface area is 516 Å². The lowest BCUT2D eigenvalue weighted by Gasteiger charge is -2.56. The number of fused-ring (bicyclic) bond motifs is 2. The third kappa shape index (κ3) is 13.0. The molecular weight excluding hydrogens is 1140 g/mol. The number of carboxylic acid groups (broad SMARTS) is 2. The van der Waals surface area contributed by atoms with E-state index in [-0.39, 0.29) is 57.7 Å². The maximum atomic E-state index is 14.7. The molecule has 0 bridgehead atoms. The van der Waals surface area contributed by atoms with E-state index in [1.54, 1.807) is 42.5 Å². The van der Waals surface area contributed by atoms with Crippen molar-refractivity contribution in [1.29, 1.82) is 0 Å². The molecule has 5 heterocycles. The Bertz CT molecular complexity index is 3880. The first-order valence-corrected chi connectivity index (χ1v) is 30.9. The maximum absolute atomic E-state index is 14.7. The van der Waals surface area contributed by atoms with Crippen molar-refractivity contribution in [2.45, 2.75) is 130 Å². The number of nitrogens with zero attached hydrogens (tertiary/aromatic N) is 4. The first kappa shape index (κ1) is 61.9. The van der Waals surface area contributed by atoms with Gasteiger partial charge in [-0.3, -0.25) is 19.2 Å². The van der Waals surface area contributed by atoms with Crippen LogP contribution in [0.5, 0.6) is 11.8 Å². The van der Waals surface area contributed by atoms with Gasteiger partial charge >= 0.3 is 19.1 Å². The molecule has 4 aromatic heterocycles. The molecule has 18 heteroatoms. The molecule has 13 rings (SSSR count). The van der Waals surface area contributed by atoms with Crippen molar-refractivity contribution < 1.29 is 57.0 Å². The summed E-state index contributed by atoms with van der Waals surface area (Å²) in [6, 6.07) is 36.5. The average Bonchev–Trinajstić information content (AvgIpc) is 1.54. The summed E-state index contributed by atoms with van der Waals surface area (Å²) in [6.45, 7) is 14.1. The maximum Gasteiger partial charge on any atom is 0.494 e. The molecule has 1 aliphatic heterocycles. The average molecular weight is 1220 g/mol. The van der Waals surface area contributed by atoms with E-state index in [9.17, 15) is 38.2 Å². The van der Waals surface area contributed by atoms with Gasteiger partial charge in [-0.2, -0.15) is 0 Å². The molecule has 2 spiro atoms. The minimum Gasteiger partial charge on any atom is -0.481 e. The van der Waals surface area contributed by atoms with Gasteiger partial charge < -0.3 is 38.1 Å². The lowest BCUT2D eigenvalue weighted by molar-refractivity contribution is -0.158. The molecule has 4 aromatic carbocycles. The van der Waals surface area contributed by atoms with Crippen LogP contribution in [0, 0.1) is 46.1 Å². The molecule has 0 radical (unpaired) electrons. The molecule has 5 aliphatic rings. The fourth-order valence-corrected chi connectivity index (χ4v) is 14.2. The Morgan fingerprint density at radius 2 is 1.01 bits per heavy atom. The zero-order valence-corrected chi connectivity index (χ0v) is 51.3. The molecular formula is C70H74BClF2N4O10. The lowest BCUT2D eigenvalue weighted by Crippen LogP contribution is -2.50. The number of aromatic nitrogens is 4. The monoisotopic (exact) mass is 1210 g/mol. The van der Waals surface area contributed by atoms with Gasteiger partial charge in [0, 0.05) is 77.9 Å². The second kappa shape index (κ2) is 25.0. The normalized spacial score (nSPS) is 22.7. The van der Waals surface area contributed by atoms with Gasteiger partial charge in [-0.15, -0.1) is 0 Å². The van der Waals surface area contributed by atoms with Crippen molar-refractivity contribution in [2.24, 2.45) is 34.5 Å². The molecule has 0 atom stereocenters. The van der Waals surface area contributed by atoms with Crippen LogP contribution in [-0.4, -0.2) is 84.4 Å². The Kier molecular flexibility index (Phi) is 17.6. The standard InChI is InChI=1S/C32H31FN2O4.C31H35BFNO5.C7H8ClNO/c1-2-39-29-5-3-4-27(34-29)22-8-6-20(7-9-22)19-35-13-12-24-26(33)11-10-25(30(24)35)28(36)14-21-15-32(16-21)17-23(18-32)31(37)38;1-29(2)30(3,4)39-32(38-29)22-7-5-19(6-8-22)18-34-12-11-23-25(33)10-9-24(27(23)34)26(35)13-20-14-31(15-20)16-21(17-31)28(36)37;1-2-10-7-5-3-4-6(8)9-7/h3-13,21,23H,2,14-19H2,1H3,(H,37,38);5-12,20-21H,13-18H2,1-4H3,(H,36,37);3-5H,2H2,1H3. The number of carbonyl (C=O) groups excluding carboxylic acids is 2. The van der Waals surface area contributed by atoms with Crippen LogP contribution in [0.1, 0.15) is 138 Å². The fraction of sp³-hybridized carbons (Fsp3) is 0.400. The highest BCUT2D eigenvalue weighted by Gasteiger charge is 2.56. The number of aliphatic carboxylic acids is 2. The summed E-state index contributed by atoms with van der Waals surface area (Å²) >= 11 is 5.59. The minimum atomic E-state index is -0.711. The first-order chi connectivity index (χ1) is 42.0. The third-order valence-corrected chi connectivity index (χ3v) is 19.3. The molecule has 458 valence electrons. The van der Waals surface area contributed by atoms with Crippen LogP contribution in [0.4, 0.5) is 8.78 Å². The smallest absolute Gasteiger partial charge is 0.481 e. The van der Waals surface area contributed by atoms with Gasteiger partial charge in [0.05, 0.1) is 53.0 Å². The van der Waals surface area contributed by atoms with E-state index in [4.69, 9.17) is 30.4 Å². The Balaban J connectivity index is 0.000000157. The Morgan fingerprint density at radius 3 is 1.44 bits per heavy atom. The zero-order valence-electron chi connectivity index (χ0n) is 50.6. The predicted octanol–water partition coefficient (Wildman–Crippen LogP) is 14.5. The van der Waals surface area contributed by atoms with Crippen LogP contribution in [0.2, 0.25) is 5.15 Å². The Hall–Kier alpha value is -7.73. The molecule has 0 amide bonds. The second-order valence-electron chi connectivity index (χ2n) is 25.8. The number of ketones is 2. The number of carboxylic acids is 2. The number of pyridine rings is 2. The van der Waals surface area contributed by atoms with E-state index in [2.05, 4.69) is 9.97 Å². The van der Waals surface area contributed by atoms with Gasteiger partial charge in [-0.25, -0.2) is 18.7 Å². The quantitative estimate of drug-likeness (QED) is 0.0472. The molecule has 1 saturated heterocycles. The molecule has 0 unspecified atom stereocenters. The topological polar surface area (TPSA) is 181 Å². The highest BCUT2D eigenvalue weighted by Crippen LogP contribution is 2.63. The highest BCUT2D eigenvalue weighted by molar-refractivity contribution is 6.62. The number of ether oxygens (including phenoxy) is 2. The number of Topliss-reactive ketones (excluding diaryl/α,β-unsaturated/α-hetero) is 2. The van der Waals surface area contributed by atoms with E-state index in [1.807, 2.05) is 130 Å². The SMILES string of the molecule is CC1(C)OB(c2ccc(Cn3ccc4c(F)ccc(C(=O)CC5CC6(C5)CC(C(=O)O)C6)c43)cc2)OC1(C)C.CCOc1cccc(-c2ccc(Cn3ccc4c(F)ccc(C(=O)CC5CC6(C5)CC(C(=O)O)C6)c43)cc2)n1.CCOc1cccc(Cl)n1. The molecule has 5 fully saturated rings. The number of rotatable bonds is 18. The molecule has 2 N–H and O–H groups in total. The van der Waals surface area contributed by atoms with Crippen molar-refractivity contribution >= 4 is 69.5 Å². The van der Waals surface area contributed by atoms with E-state index >= 15 is 0 Å². The summed E-state index contributed by atoms with van der Waals surface area (Å²) in [5, 5.41) is 19.7. The number of hydrogen-bond acceptors (Lipinski definition) is 10. The van der Waals surface area contributed by atoms with Crippen molar-refractivity contribution in [3.05, 3.63) is 173 Å². The van der Waals surface area contributed by atoms with Gasteiger partial charge in [-0.1, -0.05) is 72.3 Å². The van der Waals surface area contributed by atoms with Gasteiger partial charge in [-0.05, 0) is 181 Å². The van der Waals surface area contributed by atoms with Gasteiger partial charge in [0.2, 0.25) is 11.8 Å². The molecule has 8 aromatic rings. The number of hydrogen-bond donors (Lipinski definition) is 2. The largest absolute Gasteiger partial charge is 0.494 e. The van der Waals surface area contributed by atoms with Crippen LogP contribution in [-0.2, 0) is 32.0 Å². The summed E-state index contributed by atoms with van der Waals surface area (Å²) in [7, 11) is -0.435. The molecule has 4 saturated carbocycles. The van der Waals surface area contributed by atoms with Gasteiger partial charge in [0.25, 0.3) is 0 Å². The van der Waals surface area contributed by atoms with Crippen LogP contribution in [0.15, 0.2) is 134 Å². The summed E-state index contributed by atoms with van der Waals surface area (Å²) in [4.78, 5) is 57.6. The van der Waals surface area contributed by atoms with Crippen LogP contribution >= 0.6 is 11.6 Å². The fourth-order valence-electron chi connectivity index (χ4n) is 14.0. The first-order valence-electron chi connectivity index (χ1n) is 30.5. The number of benzene rings is 4. The molecule has 4 aliphatic carbocycles. The van der Waals surface area contributed by atoms with Crippen LogP contribution < -0.4 is 14.9 Å². The Morgan fingerprint density at radius 1 is 0.580 bits per heavy atom. The summed E-state index contributed by atoms with van der Waals surface area (Å²) in [5.41, 5.74) is 6.55. The van der Waals surface area contributed by atoms with Crippen molar-refractivity contribution in [2.75, 3.05) is 13.2 Å². The van der Waals surface area contributed by atoms with Gasteiger partial charge in [0.1, 0.15) is 16.8 Å². The lowest BCUT2D eigenvalue weighted by atomic mass is 9.47. The van der Waals surface area contributed by atoms with Crippen molar-refractivity contribution in [1.82, 2.24) is 19.1 Å². The summed E-state index contributed by atoms with van der Waals surface area (Å²) in [6.07, 6.45) is 11.0. The second-order valence-corrected chi connectivity index (χ2v) is 26.2. The predicted molar refractivity (Wildman–Crippen MR) is 334 cm³/mol. The number of carbonyl (C=O) groups is 4. The molecule has 88 heavy (non-hydrogen) atoms. The van der Waals surface area contributed by atoms with E-state index < -0.39 is 30.3 Å². The van der Waals surface area contributed by atoms with E-state index in [1.165, 1.54) is 12.1 Å². The van der Waals surface area contributed by atoms with E-state index in [0.29, 0.717) is 89.0 Å². The van der Waals surface area contributed by atoms with Crippen LogP contribution in [0.25, 0.3) is 33.1 Å². The van der Waals surface area contributed by atoms with Crippen LogP contribution in [0.3, 0.4) is 0 Å². The van der Waals surface area contributed by atoms with Crippen molar-refractivity contribution in [3.63, 3.8) is 0 Å². The number of halogens is 3. The summed E-state index contributed by atoms with van der Waals surface area (Å²) in [5.74, 6) is -0.831. The highest BCUT2D eigenvalue weighted by atomic mass is 35.5. The van der Waals surface area contributed by atoms with Gasteiger partial charge in [0.15, 0.2) is 11.6 Å². The summed E-state index contributed by atoms with van der Waals surface area (Å²) < 4.78 is 56.3. The van der Waals surface area contributed by atoms with E-state index in [0.717, 1.165) is 79.2 Å².